The number of aliphatic hydroxyl groups excluding tert-OH is 1. The van der Waals surface area contributed by atoms with Crippen molar-refractivity contribution in [3.05, 3.63) is 46.3 Å². The molecule has 17 heteroatoms. The van der Waals surface area contributed by atoms with Crippen LogP contribution in [0.5, 0.6) is 11.6 Å². The van der Waals surface area contributed by atoms with Crippen LogP contribution in [-0.2, 0) is 18.6 Å². The molecule has 2 aromatic heterocycles. The molecule has 1 saturated heterocycles. The second-order valence-corrected chi connectivity index (χ2v) is 13.6. The van der Waals surface area contributed by atoms with E-state index in [2.05, 4.69) is 20.0 Å². The number of halogens is 1. The van der Waals surface area contributed by atoms with Gasteiger partial charge in [-0.05, 0) is 24.3 Å². The summed E-state index contributed by atoms with van der Waals surface area (Å²) >= 11 is 1.91. The number of methoxy groups -OCH3 is 1. The minimum atomic E-state index is -4.47. The number of aromatic nitrogens is 4. The van der Waals surface area contributed by atoms with E-state index < -0.39 is 56.3 Å². The van der Waals surface area contributed by atoms with Crippen molar-refractivity contribution in [1.82, 2.24) is 24.6 Å². The van der Waals surface area contributed by atoms with Crippen molar-refractivity contribution in [2.75, 3.05) is 19.5 Å². The molecule has 1 aliphatic heterocycles. The van der Waals surface area contributed by atoms with Crippen molar-refractivity contribution in [1.29, 1.82) is 0 Å². The predicted octanol–water partition coefficient (Wildman–Crippen LogP) is 3.48. The molecule has 0 radical (unpaired) electrons. The number of hydrogen-bond donors (Lipinski definition) is 5. The van der Waals surface area contributed by atoms with Crippen LogP contribution in [0.25, 0.3) is 21.9 Å². The summed E-state index contributed by atoms with van der Waals surface area (Å²) in [5.41, 5.74) is 4.39. The largest absolute Gasteiger partial charge is 0.480 e. The molecule has 6 N–H and O–H groups in total. The maximum Gasteiger partial charge on any atom is 0.459 e. The first kappa shape index (κ1) is 33.2. The van der Waals surface area contributed by atoms with Gasteiger partial charge in [0.2, 0.25) is 11.8 Å². The van der Waals surface area contributed by atoms with Crippen LogP contribution in [0.2, 0.25) is 0 Å². The number of nitrogens with two attached hydrogens (primary N) is 1. The molecular formula is C28H34IN6O9P. The number of hydrogen-bond acceptors (Lipinski definition) is 12. The number of fused-ring (bicyclic) bond motifs is 2. The zero-order chi connectivity index (χ0) is 32.7. The van der Waals surface area contributed by atoms with Crippen molar-refractivity contribution in [2.24, 2.45) is 5.92 Å². The molecule has 2 aromatic carbocycles. The molecule has 4 aromatic rings. The second kappa shape index (κ2) is 12.9. The molecule has 0 aliphatic carbocycles. The third-order valence-corrected chi connectivity index (χ3v) is 10.1. The lowest BCUT2D eigenvalue weighted by Crippen LogP contribution is -2.45. The van der Waals surface area contributed by atoms with Crippen LogP contribution in [-0.4, -0.2) is 78.4 Å². The zero-order valence-electron chi connectivity index (χ0n) is 24.8. The number of imidazole rings is 1. The molecule has 45 heavy (non-hydrogen) atoms. The Hall–Kier alpha value is -3.12. The SMILES string of the molecule is CCC(C)C(NP(=O)(OC[C@H]1O[C@@H](n2c(I)nc3c(OC)nc(N)nc32)[C@](C)(O)[C@@H]1O)Oc1cccc2ccccc12)C(=O)O. The van der Waals surface area contributed by atoms with E-state index in [4.69, 9.17) is 24.3 Å². The normalized spacial score (nSPS) is 24.4. The van der Waals surface area contributed by atoms with Gasteiger partial charge in [-0.2, -0.15) is 15.1 Å². The Morgan fingerprint density at radius 2 is 1.96 bits per heavy atom. The molecule has 0 amide bonds. The van der Waals surface area contributed by atoms with E-state index in [0.29, 0.717) is 15.6 Å². The summed E-state index contributed by atoms with van der Waals surface area (Å²) in [6, 6.07) is 11.1. The Labute approximate surface area is 271 Å². The maximum absolute atomic E-state index is 14.4. The van der Waals surface area contributed by atoms with E-state index in [-0.39, 0.29) is 28.7 Å². The smallest absolute Gasteiger partial charge is 0.459 e. The van der Waals surface area contributed by atoms with Gasteiger partial charge >= 0.3 is 13.7 Å². The van der Waals surface area contributed by atoms with Crippen molar-refractivity contribution in [3.8, 4) is 11.6 Å². The highest BCUT2D eigenvalue weighted by molar-refractivity contribution is 14.1. The maximum atomic E-state index is 14.4. The molecular weight excluding hydrogens is 722 g/mol. The highest BCUT2D eigenvalue weighted by Gasteiger charge is 2.55. The number of rotatable bonds is 12. The van der Waals surface area contributed by atoms with Gasteiger partial charge in [-0.15, -0.1) is 0 Å². The topological polar surface area (TPSA) is 213 Å². The van der Waals surface area contributed by atoms with Crippen LogP contribution in [0.4, 0.5) is 5.95 Å². The summed E-state index contributed by atoms with van der Waals surface area (Å²) < 4.78 is 39.3. The van der Waals surface area contributed by atoms with E-state index in [0.717, 1.165) is 5.39 Å². The number of ether oxygens (including phenoxy) is 2. The Kier molecular flexibility index (Phi) is 9.56. The first-order valence-corrected chi connectivity index (χ1v) is 16.6. The fraction of sp³-hybridized carbons (Fsp3) is 0.429. The summed E-state index contributed by atoms with van der Waals surface area (Å²) in [5, 5.41) is 36.6. The summed E-state index contributed by atoms with van der Waals surface area (Å²) in [4.78, 5) is 24.9. The molecule has 0 bridgehead atoms. The van der Waals surface area contributed by atoms with Gasteiger partial charge in [0.1, 0.15) is 29.6 Å². The number of anilines is 1. The predicted molar refractivity (Wildman–Crippen MR) is 172 cm³/mol. The number of carbonyl (C=O) groups is 1. The quantitative estimate of drug-likeness (QED) is 0.0796. The average Bonchev–Trinajstić information content (AvgIpc) is 3.44. The molecule has 242 valence electrons. The van der Waals surface area contributed by atoms with Gasteiger partial charge in [0.05, 0.1) is 13.7 Å². The van der Waals surface area contributed by atoms with Crippen LogP contribution >= 0.6 is 30.3 Å². The number of carboxylic acid groups (broad SMARTS) is 1. The highest BCUT2D eigenvalue weighted by atomic mass is 127. The molecule has 3 heterocycles. The molecule has 0 spiro atoms. The Morgan fingerprint density at radius 1 is 1.24 bits per heavy atom. The van der Waals surface area contributed by atoms with E-state index >= 15 is 0 Å². The Balaban J connectivity index is 1.47. The number of nitrogens with one attached hydrogen (secondary N) is 1. The molecule has 3 unspecified atom stereocenters. The van der Waals surface area contributed by atoms with Gasteiger partial charge in [-0.25, -0.2) is 9.55 Å². The zero-order valence-corrected chi connectivity index (χ0v) is 27.9. The summed E-state index contributed by atoms with van der Waals surface area (Å²) in [7, 11) is -3.07. The van der Waals surface area contributed by atoms with Crippen LogP contribution < -0.4 is 20.1 Å². The third-order valence-electron chi connectivity index (χ3n) is 7.82. The first-order chi connectivity index (χ1) is 21.3. The Morgan fingerprint density at radius 3 is 2.64 bits per heavy atom. The van der Waals surface area contributed by atoms with Crippen LogP contribution in [0, 0.1) is 9.75 Å². The highest BCUT2D eigenvalue weighted by Crippen LogP contribution is 2.49. The van der Waals surface area contributed by atoms with Crippen LogP contribution in [0.3, 0.4) is 0 Å². The fourth-order valence-electron chi connectivity index (χ4n) is 5.14. The summed E-state index contributed by atoms with van der Waals surface area (Å²) in [6.45, 7) is 4.31. The van der Waals surface area contributed by atoms with E-state index in [1.807, 2.05) is 40.8 Å². The molecule has 0 saturated carbocycles. The van der Waals surface area contributed by atoms with Gasteiger partial charge < -0.3 is 35.1 Å². The van der Waals surface area contributed by atoms with Crippen LogP contribution in [0.15, 0.2) is 42.5 Å². The van der Waals surface area contributed by atoms with Crippen molar-refractivity contribution < 1.29 is 43.2 Å². The van der Waals surface area contributed by atoms with Gasteiger partial charge in [-0.1, -0.05) is 56.7 Å². The second-order valence-electron chi connectivity index (χ2n) is 10.9. The number of carboxylic acids is 1. The Bertz CT molecular complexity index is 1770. The van der Waals surface area contributed by atoms with E-state index in [1.165, 1.54) is 18.6 Å². The monoisotopic (exact) mass is 756 g/mol. The number of nitrogen functional groups attached to an aromatic ring is 1. The van der Waals surface area contributed by atoms with E-state index in [9.17, 15) is 24.7 Å². The summed E-state index contributed by atoms with van der Waals surface area (Å²) in [6.07, 6.45) is -3.61. The molecule has 5 rings (SSSR count). The van der Waals surface area contributed by atoms with Gasteiger partial charge in [0.25, 0.3) is 0 Å². The lowest BCUT2D eigenvalue weighted by Gasteiger charge is -2.28. The van der Waals surface area contributed by atoms with Crippen molar-refractivity contribution in [2.45, 2.75) is 57.3 Å². The first-order valence-electron chi connectivity index (χ1n) is 14.0. The lowest BCUT2D eigenvalue weighted by molar-refractivity contribution is -0.140. The average molecular weight is 756 g/mol. The third kappa shape index (κ3) is 6.45. The number of benzene rings is 2. The minimum absolute atomic E-state index is 0.109. The standard InChI is InChI=1S/C28H34IN6O9P/c1-5-14(2)19(24(37)38)34-45(40,44-17-12-8-10-15-9-6-7-11-16(15)17)42-13-18-21(36)28(3,39)25(43-18)35-22-20(31-26(35)29)23(41-4)33-27(30)32-22/h6-12,14,18-19,21,25,36,39H,5,13H2,1-4H3,(H,34,40)(H,37,38)(H2,30,32,33)/t14?,18-,19?,21-,25-,28-,45?/m1/s1. The van der Waals surface area contributed by atoms with Crippen LogP contribution in [0.1, 0.15) is 33.4 Å². The number of nitrogens with zero attached hydrogens (tertiary/aromatic N) is 4. The molecule has 1 aliphatic rings. The molecule has 1 fully saturated rings. The number of aliphatic carboxylic acids is 1. The lowest BCUT2D eigenvalue weighted by atomic mass is 9.96. The van der Waals surface area contributed by atoms with Crippen molar-refractivity contribution >= 4 is 64.2 Å². The molecule has 7 atom stereocenters. The number of aliphatic hydroxyl groups is 2. The van der Waals surface area contributed by atoms with Crippen molar-refractivity contribution in [3.63, 3.8) is 0 Å². The van der Waals surface area contributed by atoms with Gasteiger partial charge in [0, 0.05) is 28.0 Å². The minimum Gasteiger partial charge on any atom is -0.480 e. The van der Waals surface area contributed by atoms with E-state index in [1.54, 1.807) is 38.1 Å². The van der Waals surface area contributed by atoms with Gasteiger partial charge in [-0.3, -0.25) is 13.9 Å². The molecule has 15 nitrogen and oxygen atoms in total. The summed E-state index contributed by atoms with van der Waals surface area (Å²) in [5.74, 6) is -1.49. The fourth-order valence-corrected chi connectivity index (χ4v) is 7.51. The van der Waals surface area contributed by atoms with Gasteiger partial charge in [0.15, 0.2) is 21.2 Å².